The second-order valence-corrected chi connectivity index (χ2v) is 7.07. The highest BCUT2D eigenvalue weighted by atomic mass is 35.5. The maximum absolute atomic E-state index is 11.4. The summed E-state index contributed by atoms with van der Waals surface area (Å²) >= 11 is 6.03. The zero-order valence-corrected chi connectivity index (χ0v) is 15.2. The molecule has 3 aromatic heterocycles. The van der Waals surface area contributed by atoms with Crippen LogP contribution < -0.4 is 0 Å². The maximum Gasteiger partial charge on any atom is 0.417 e. The highest BCUT2D eigenvalue weighted by Crippen LogP contribution is 2.37. The fourth-order valence-electron chi connectivity index (χ4n) is 3.92. The van der Waals surface area contributed by atoms with Gasteiger partial charge in [-0.05, 0) is 36.4 Å². The lowest BCUT2D eigenvalue weighted by Gasteiger charge is -2.21. The Balaban J connectivity index is 1.77. The first-order chi connectivity index (χ1) is 13.1. The number of carbonyl (C=O) groups is 1. The Hall–Kier alpha value is -2.92. The summed E-state index contributed by atoms with van der Waals surface area (Å²) in [5.74, 6) is 0.444. The average molecular weight is 385 g/mol. The van der Waals surface area contributed by atoms with E-state index >= 15 is 0 Å². The molecule has 1 atom stereocenters. The van der Waals surface area contributed by atoms with Crippen LogP contribution in [0.1, 0.15) is 38.1 Å². The number of nitriles is 1. The van der Waals surface area contributed by atoms with Crippen molar-refractivity contribution < 1.29 is 9.90 Å². The number of hydrogen-bond acceptors (Lipinski definition) is 5. The van der Waals surface area contributed by atoms with E-state index in [-0.39, 0.29) is 17.0 Å². The molecule has 4 rings (SSSR count). The van der Waals surface area contributed by atoms with Crippen LogP contribution in [0.3, 0.4) is 0 Å². The van der Waals surface area contributed by atoms with Crippen LogP contribution in [-0.2, 0) is 0 Å². The van der Waals surface area contributed by atoms with Gasteiger partial charge in [-0.1, -0.05) is 12.8 Å². The molecule has 138 valence electrons. The van der Waals surface area contributed by atoms with E-state index in [0.29, 0.717) is 29.0 Å². The van der Waals surface area contributed by atoms with E-state index in [2.05, 4.69) is 21.1 Å². The van der Waals surface area contributed by atoms with Gasteiger partial charge in [-0.3, -0.25) is 4.68 Å². The summed E-state index contributed by atoms with van der Waals surface area (Å²) in [6.07, 6.45) is 8.80. The summed E-state index contributed by atoms with van der Waals surface area (Å²) in [6, 6.07) is 3.95. The normalized spacial score (nSPS) is 15.9. The Morgan fingerprint density at radius 2 is 2.19 bits per heavy atom. The molecule has 1 saturated carbocycles. The molecule has 1 aliphatic carbocycles. The van der Waals surface area contributed by atoms with Crippen molar-refractivity contribution in [2.45, 2.75) is 38.1 Å². The van der Waals surface area contributed by atoms with E-state index in [1.54, 1.807) is 12.3 Å². The molecule has 8 nitrogen and oxygen atoms in total. The molecule has 1 fully saturated rings. The number of aromatic nitrogens is 5. The van der Waals surface area contributed by atoms with Gasteiger partial charge in [0.25, 0.3) is 0 Å². The van der Waals surface area contributed by atoms with Crippen molar-refractivity contribution in [3.8, 4) is 17.3 Å². The smallest absolute Gasteiger partial charge is 0.417 e. The number of hydrogen-bond donors (Lipinski definition) is 1. The molecule has 0 aliphatic heterocycles. The van der Waals surface area contributed by atoms with E-state index in [4.69, 9.17) is 11.6 Å². The number of fused-ring (bicyclic) bond motifs is 1. The average Bonchev–Trinajstić information content (AvgIpc) is 3.38. The molecular weight excluding hydrogens is 368 g/mol. The number of nitrogens with zero attached hydrogens (tertiary/aromatic N) is 6. The minimum atomic E-state index is -1.14. The molecule has 0 saturated heterocycles. The van der Waals surface area contributed by atoms with Gasteiger partial charge < -0.3 is 5.11 Å². The van der Waals surface area contributed by atoms with Crippen molar-refractivity contribution in [1.29, 1.82) is 5.26 Å². The van der Waals surface area contributed by atoms with Crippen molar-refractivity contribution >= 4 is 28.7 Å². The minimum absolute atomic E-state index is 0.0302. The Kier molecular flexibility index (Phi) is 4.54. The van der Waals surface area contributed by atoms with Crippen LogP contribution in [0.5, 0.6) is 0 Å². The third-order valence-corrected chi connectivity index (χ3v) is 5.35. The van der Waals surface area contributed by atoms with Crippen LogP contribution in [0.2, 0.25) is 5.28 Å². The second kappa shape index (κ2) is 7.00. The van der Waals surface area contributed by atoms with E-state index in [0.717, 1.165) is 17.4 Å². The fourth-order valence-corrected chi connectivity index (χ4v) is 4.08. The largest absolute Gasteiger partial charge is 0.464 e. The lowest BCUT2D eigenvalue weighted by atomic mass is 9.96. The number of halogens is 1. The van der Waals surface area contributed by atoms with Crippen LogP contribution in [0, 0.1) is 17.2 Å². The molecule has 9 heteroatoms. The van der Waals surface area contributed by atoms with E-state index in [1.807, 2.05) is 10.9 Å². The number of carboxylic acid groups (broad SMARTS) is 1. The van der Waals surface area contributed by atoms with Gasteiger partial charge >= 0.3 is 6.09 Å². The summed E-state index contributed by atoms with van der Waals surface area (Å²) in [6.45, 7) is 0. The second-order valence-electron chi connectivity index (χ2n) is 6.73. The van der Waals surface area contributed by atoms with Crippen LogP contribution >= 0.6 is 11.6 Å². The van der Waals surface area contributed by atoms with Gasteiger partial charge in [0, 0.05) is 23.3 Å². The topological polar surface area (TPSA) is 110 Å². The Bertz CT molecular complexity index is 1040. The van der Waals surface area contributed by atoms with Crippen molar-refractivity contribution in [2.24, 2.45) is 5.92 Å². The van der Waals surface area contributed by atoms with Crippen LogP contribution in [0.4, 0.5) is 4.79 Å². The Morgan fingerprint density at radius 1 is 1.41 bits per heavy atom. The molecule has 0 aromatic carbocycles. The van der Waals surface area contributed by atoms with Gasteiger partial charge in [0.05, 0.1) is 30.4 Å². The van der Waals surface area contributed by atoms with Crippen LogP contribution in [0.15, 0.2) is 24.7 Å². The molecule has 1 aliphatic rings. The predicted molar refractivity (Wildman–Crippen MR) is 98.4 cm³/mol. The first kappa shape index (κ1) is 17.5. The molecule has 0 amide bonds. The Labute approximate surface area is 160 Å². The maximum atomic E-state index is 11.4. The predicted octanol–water partition coefficient (Wildman–Crippen LogP) is 4.12. The molecule has 0 radical (unpaired) electrons. The minimum Gasteiger partial charge on any atom is -0.464 e. The van der Waals surface area contributed by atoms with Crippen molar-refractivity contribution in [1.82, 2.24) is 24.3 Å². The molecule has 0 spiro atoms. The van der Waals surface area contributed by atoms with Crippen LogP contribution in [-0.4, -0.2) is 35.5 Å². The summed E-state index contributed by atoms with van der Waals surface area (Å²) in [7, 11) is 0. The number of rotatable bonds is 4. The van der Waals surface area contributed by atoms with E-state index in [9.17, 15) is 15.2 Å². The lowest BCUT2D eigenvalue weighted by molar-refractivity contribution is 0.197. The third-order valence-electron chi connectivity index (χ3n) is 5.18. The van der Waals surface area contributed by atoms with Gasteiger partial charge in [0.1, 0.15) is 0 Å². The van der Waals surface area contributed by atoms with Gasteiger partial charge in [0.15, 0.2) is 5.65 Å². The summed E-state index contributed by atoms with van der Waals surface area (Å²) in [5.41, 5.74) is 1.47. The summed E-state index contributed by atoms with van der Waals surface area (Å²) in [5, 5.41) is 23.5. The van der Waals surface area contributed by atoms with Gasteiger partial charge in [-0.2, -0.15) is 15.3 Å². The van der Waals surface area contributed by atoms with Crippen molar-refractivity contribution in [3.05, 3.63) is 29.9 Å². The SMILES string of the molecule is N#CCC(C1CCCC1)n1cc(-c2nc(Cl)nc3c2ccn3C(=O)O)cn1. The van der Waals surface area contributed by atoms with Crippen molar-refractivity contribution in [2.75, 3.05) is 0 Å². The zero-order chi connectivity index (χ0) is 19.0. The van der Waals surface area contributed by atoms with Crippen LogP contribution in [0.25, 0.3) is 22.3 Å². The van der Waals surface area contributed by atoms with Gasteiger partial charge in [-0.15, -0.1) is 0 Å². The molecule has 1 N–H and O–H groups in total. The molecule has 0 bridgehead atoms. The molecule has 27 heavy (non-hydrogen) atoms. The molecule has 3 heterocycles. The van der Waals surface area contributed by atoms with Crippen molar-refractivity contribution in [3.63, 3.8) is 0 Å². The summed E-state index contributed by atoms with van der Waals surface area (Å²) in [4.78, 5) is 19.7. The first-order valence-electron chi connectivity index (χ1n) is 8.78. The van der Waals surface area contributed by atoms with E-state index < -0.39 is 6.09 Å². The highest BCUT2D eigenvalue weighted by Gasteiger charge is 2.27. The molecular formula is C18H17ClN6O2. The fraction of sp³-hybridized carbons (Fsp3) is 0.389. The quantitative estimate of drug-likeness (QED) is 0.677. The monoisotopic (exact) mass is 384 g/mol. The highest BCUT2D eigenvalue weighted by molar-refractivity contribution is 6.28. The molecule has 1 unspecified atom stereocenters. The molecule has 3 aromatic rings. The van der Waals surface area contributed by atoms with E-state index in [1.165, 1.54) is 19.0 Å². The zero-order valence-electron chi connectivity index (χ0n) is 14.4. The standard InChI is InChI=1S/C18H17ClN6O2/c19-17-22-15(13-6-8-24(18(26)27)16(13)23-17)12-9-21-25(10-12)14(5-7-20)11-3-1-2-4-11/h6,8-11,14H,1-5H2,(H,26,27). The van der Waals surface area contributed by atoms with Gasteiger partial charge in [0.2, 0.25) is 5.28 Å². The first-order valence-corrected chi connectivity index (χ1v) is 9.15. The Morgan fingerprint density at radius 3 is 2.89 bits per heavy atom. The van der Waals surface area contributed by atoms with Gasteiger partial charge in [-0.25, -0.2) is 14.3 Å². The lowest BCUT2D eigenvalue weighted by Crippen LogP contribution is -2.17. The third kappa shape index (κ3) is 3.15. The summed E-state index contributed by atoms with van der Waals surface area (Å²) < 4.78 is 2.85.